The first kappa shape index (κ1) is 17.7. The van der Waals surface area contributed by atoms with E-state index in [0.29, 0.717) is 32.2 Å². The van der Waals surface area contributed by atoms with Crippen molar-refractivity contribution in [1.29, 1.82) is 0 Å². The largest absolute Gasteiger partial charge is 0.506 e. The lowest BCUT2D eigenvalue weighted by Gasteiger charge is -2.06. The number of nitrogens with zero attached hydrogens (tertiary/aromatic N) is 2. The number of carbonyl (C=O) groups excluding carboxylic acids is 1. The summed E-state index contributed by atoms with van der Waals surface area (Å²) in [5, 5.41) is 23.7. The second-order valence-electron chi connectivity index (χ2n) is 4.34. The molecule has 1 amide bonds. The van der Waals surface area contributed by atoms with Crippen molar-refractivity contribution >= 4 is 60.5 Å². The third-order valence-electron chi connectivity index (χ3n) is 2.82. The van der Waals surface area contributed by atoms with E-state index in [1.807, 2.05) is 6.92 Å². The summed E-state index contributed by atoms with van der Waals surface area (Å²) in [5.74, 6) is -0.750. The summed E-state index contributed by atoms with van der Waals surface area (Å²) in [4.78, 5) is 16.5. The highest BCUT2D eigenvalue weighted by molar-refractivity contribution is 9.11. The van der Waals surface area contributed by atoms with Gasteiger partial charge in [-0.05, 0) is 44.3 Å². The van der Waals surface area contributed by atoms with Crippen LogP contribution in [-0.4, -0.2) is 27.3 Å². The van der Waals surface area contributed by atoms with Gasteiger partial charge in [-0.25, -0.2) is 10.4 Å². The van der Waals surface area contributed by atoms with Crippen LogP contribution in [-0.2, 0) is 6.42 Å². The van der Waals surface area contributed by atoms with Crippen molar-refractivity contribution in [3.63, 3.8) is 0 Å². The third-order valence-corrected chi connectivity index (χ3v) is 5.10. The summed E-state index contributed by atoms with van der Waals surface area (Å²) < 4.78 is 0.501. The molecule has 1 aromatic carbocycles. The molecule has 2 rings (SSSR count). The quantitative estimate of drug-likeness (QED) is 0.410. The Bertz CT molecular complexity index is 792. The van der Waals surface area contributed by atoms with Crippen molar-refractivity contribution in [3.05, 3.63) is 31.1 Å². The summed E-state index contributed by atoms with van der Waals surface area (Å²) >= 11 is 7.30. The number of aromatic hydroxyl groups is 2. The number of hydrazone groups is 1. The fourth-order valence-corrected chi connectivity index (χ4v) is 3.68. The first-order valence-electron chi connectivity index (χ1n) is 6.33. The van der Waals surface area contributed by atoms with Crippen LogP contribution in [0.1, 0.15) is 27.9 Å². The Morgan fingerprint density at radius 3 is 2.83 bits per heavy atom. The molecule has 7 nitrogen and oxygen atoms in total. The van der Waals surface area contributed by atoms with Crippen molar-refractivity contribution < 1.29 is 15.0 Å². The molecule has 0 aliphatic rings. The van der Waals surface area contributed by atoms with Crippen molar-refractivity contribution in [1.82, 2.24) is 10.4 Å². The average Bonchev–Trinajstić information content (AvgIpc) is 2.91. The Kier molecular flexibility index (Phi) is 5.60. The molecular formula is C13H12Br2N4O3S. The van der Waals surface area contributed by atoms with E-state index in [0.717, 1.165) is 11.3 Å². The van der Waals surface area contributed by atoms with Crippen molar-refractivity contribution in [3.8, 4) is 11.5 Å². The molecule has 0 atom stereocenters. The van der Waals surface area contributed by atoms with Gasteiger partial charge in [0, 0.05) is 5.56 Å². The molecule has 122 valence electrons. The summed E-state index contributed by atoms with van der Waals surface area (Å²) in [5.41, 5.74) is 8.88. The van der Waals surface area contributed by atoms with Gasteiger partial charge in [0.25, 0.3) is 5.91 Å². The number of phenolic OH excluding ortho intramolecular Hbond substituents is 2. The fraction of sp³-hybridized carbons (Fsp3) is 0.154. The minimum Gasteiger partial charge on any atom is -0.506 e. The van der Waals surface area contributed by atoms with Gasteiger partial charge in [0.2, 0.25) is 0 Å². The smallest absolute Gasteiger partial charge is 0.283 e. The fourth-order valence-electron chi connectivity index (χ4n) is 1.71. The molecule has 0 radical (unpaired) electrons. The number of anilines is 1. The number of benzene rings is 1. The van der Waals surface area contributed by atoms with Crippen LogP contribution in [0.5, 0.6) is 11.5 Å². The molecule has 0 fully saturated rings. The Morgan fingerprint density at radius 1 is 1.48 bits per heavy atom. The van der Waals surface area contributed by atoms with Crippen LogP contribution in [0, 0.1) is 0 Å². The van der Waals surface area contributed by atoms with Gasteiger partial charge in [0.15, 0.2) is 5.13 Å². The summed E-state index contributed by atoms with van der Waals surface area (Å²) in [7, 11) is 0. The maximum absolute atomic E-state index is 12.1. The molecule has 1 aromatic heterocycles. The zero-order chi connectivity index (χ0) is 17.1. The van der Waals surface area contributed by atoms with Crippen molar-refractivity contribution in [2.45, 2.75) is 13.3 Å². The molecule has 0 unspecified atom stereocenters. The number of hydrogen-bond acceptors (Lipinski definition) is 7. The van der Waals surface area contributed by atoms with E-state index in [2.05, 4.69) is 47.4 Å². The van der Waals surface area contributed by atoms with Crippen LogP contribution >= 0.6 is 43.2 Å². The van der Waals surface area contributed by atoms with E-state index in [1.54, 1.807) is 0 Å². The Hall–Kier alpha value is -1.65. The lowest BCUT2D eigenvalue weighted by Crippen LogP contribution is -2.17. The van der Waals surface area contributed by atoms with Crippen LogP contribution in [0.15, 0.2) is 20.1 Å². The lowest BCUT2D eigenvalue weighted by atomic mass is 10.2. The predicted octanol–water partition coefficient (Wildman–Crippen LogP) is 2.99. The zero-order valence-corrected chi connectivity index (χ0v) is 15.8. The second kappa shape index (κ2) is 7.28. The lowest BCUT2D eigenvalue weighted by molar-refractivity contribution is 0.0958. The first-order chi connectivity index (χ1) is 10.8. The molecule has 0 saturated carbocycles. The van der Waals surface area contributed by atoms with Gasteiger partial charge < -0.3 is 15.9 Å². The molecule has 0 saturated heterocycles. The van der Waals surface area contributed by atoms with E-state index >= 15 is 0 Å². The van der Waals surface area contributed by atoms with E-state index in [9.17, 15) is 15.0 Å². The van der Waals surface area contributed by atoms with E-state index in [-0.39, 0.29) is 16.0 Å². The number of nitrogens with one attached hydrogen (secondary N) is 1. The molecule has 1 heterocycles. The van der Waals surface area contributed by atoms with E-state index < -0.39 is 5.91 Å². The van der Waals surface area contributed by atoms with Crippen molar-refractivity contribution in [2.24, 2.45) is 5.10 Å². The second-order valence-corrected chi connectivity index (χ2v) is 7.02. The molecule has 2 aromatic rings. The van der Waals surface area contributed by atoms with E-state index in [1.165, 1.54) is 12.3 Å². The number of carbonyl (C=O) groups is 1. The van der Waals surface area contributed by atoms with E-state index in [4.69, 9.17) is 5.73 Å². The van der Waals surface area contributed by atoms with Gasteiger partial charge >= 0.3 is 0 Å². The van der Waals surface area contributed by atoms with Gasteiger partial charge in [-0.2, -0.15) is 5.10 Å². The highest BCUT2D eigenvalue weighted by Gasteiger charge is 2.16. The minimum atomic E-state index is -0.427. The predicted molar refractivity (Wildman–Crippen MR) is 96.1 cm³/mol. The van der Waals surface area contributed by atoms with Gasteiger partial charge in [0.1, 0.15) is 20.8 Å². The molecule has 23 heavy (non-hydrogen) atoms. The molecule has 10 heteroatoms. The van der Waals surface area contributed by atoms with Crippen LogP contribution in [0.3, 0.4) is 0 Å². The number of thiazole rings is 1. The van der Waals surface area contributed by atoms with Crippen LogP contribution in [0.25, 0.3) is 0 Å². The zero-order valence-electron chi connectivity index (χ0n) is 11.8. The van der Waals surface area contributed by atoms with Crippen molar-refractivity contribution in [2.75, 3.05) is 5.73 Å². The molecule has 0 bridgehead atoms. The summed E-state index contributed by atoms with van der Waals surface area (Å²) in [6.07, 6.45) is 1.84. The van der Waals surface area contributed by atoms with Crippen LogP contribution in [0.2, 0.25) is 0 Å². The molecule has 5 N–H and O–H groups in total. The summed E-state index contributed by atoms with van der Waals surface area (Å²) in [6, 6.07) is 1.47. The van der Waals surface area contributed by atoms with Gasteiger partial charge in [-0.15, -0.1) is 0 Å². The molecular weight excluding hydrogens is 452 g/mol. The molecule has 0 aliphatic carbocycles. The SMILES string of the molecule is CCc1nc(N)sc1C(=O)NN=Cc1cc(Br)c(O)c(Br)c1O. The minimum absolute atomic E-state index is 0.128. The highest BCUT2D eigenvalue weighted by Crippen LogP contribution is 2.40. The monoisotopic (exact) mass is 462 g/mol. The van der Waals surface area contributed by atoms with Crippen LogP contribution < -0.4 is 11.2 Å². The summed E-state index contributed by atoms with van der Waals surface area (Å²) in [6.45, 7) is 1.87. The number of aromatic nitrogens is 1. The van der Waals surface area contributed by atoms with Gasteiger partial charge in [0.05, 0.1) is 16.4 Å². The maximum atomic E-state index is 12.1. The average molecular weight is 464 g/mol. The first-order valence-corrected chi connectivity index (χ1v) is 8.73. The number of nitrogen functional groups attached to an aromatic ring is 1. The Labute approximate surface area is 152 Å². The van der Waals surface area contributed by atoms with Gasteiger partial charge in [-0.1, -0.05) is 18.3 Å². The number of aryl methyl sites for hydroxylation is 1. The molecule has 0 spiro atoms. The Morgan fingerprint density at radius 2 is 2.17 bits per heavy atom. The standard InChI is InChI=1S/C13H12Br2N4O3S/c1-2-7-11(23-13(16)18-7)12(22)19-17-4-5-3-6(14)10(21)8(15)9(5)20/h3-4,20-21H,2H2,1H3,(H2,16,18)(H,19,22). The molecule has 0 aliphatic heterocycles. The van der Waals surface area contributed by atoms with Gasteiger partial charge in [-0.3, -0.25) is 4.79 Å². The highest BCUT2D eigenvalue weighted by atomic mass is 79.9. The normalized spacial score (nSPS) is 11.1. The van der Waals surface area contributed by atoms with Crippen LogP contribution in [0.4, 0.5) is 5.13 Å². The number of hydrogen-bond donors (Lipinski definition) is 4. The number of nitrogens with two attached hydrogens (primary N) is 1. The maximum Gasteiger partial charge on any atom is 0.283 e. The Balaban J connectivity index is 2.17. The number of rotatable bonds is 4. The number of phenols is 2. The number of amides is 1. The topological polar surface area (TPSA) is 121 Å². The number of halogens is 2. The third kappa shape index (κ3) is 3.82.